The molecule has 1 aliphatic carbocycles. The van der Waals surface area contributed by atoms with Crippen molar-refractivity contribution >= 4 is 15.7 Å². The molecule has 0 heterocycles. The lowest BCUT2D eigenvalue weighted by Gasteiger charge is -2.09. The monoisotopic (exact) mass is 280 g/mol. The van der Waals surface area contributed by atoms with Crippen molar-refractivity contribution in [1.29, 1.82) is 0 Å². The van der Waals surface area contributed by atoms with Gasteiger partial charge in [0.2, 0.25) is 10.0 Å². The Labute approximate surface area is 114 Å². The molecule has 0 saturated carbocycles. The molecule has 0 aromatic heterocycles. The van der Waals surface area contributed by atoms with Gasteiger partial charge in [-0.05, 0) is 56.4 Å². The van der Waals surface area contributed by atoms with Crippen molar-refractivity contribution in [2.75, 3.05) is 12.3 Å². The Morgan fingerprint density at radius 3 is 2.79 bits per heavy atom. The van der Waals surface area contributed by atoms with Crippen molar-refractivity contribution in [2.45, 2.75) is 37.5 Å². The van der Waals surface area contributed by atoms with E-state index in [4.69, 9.17) is 5.73 Å². The van der Waals surface area contributed by atoms with E-state index < -0.39 is 10.0 Å². The maximum absolute atomic E-state index is 12.1. The van der Waals surface area contributed by atoms with Gasteiger partial charge in [0, 0.05) is 12.2 Å². The molecule has 104 valence electrons. The van der Waals surface area contributed by atoms with E-state index in [1.807, 2.05) is 0 Å². The average molecular weight is 280 g/mol. The molecule has 0 aliphatic heterocycles. The summed E-state index contributed by atoms with van der Waals surface area (Å²) in [5.74, 6) is 0. The van der Waals surface area contributed by atoms with Crippen LogP contribution in [0, 0.1) is 6.92 Å². The summed E-state index contributed by atoms with van der Waals surface area (Å²) in [6.07, 6.45) is 6.43. The average Bonchev–Trinajstić information content (AvgIpc) is 2.85. The second kappa shape index (κ2) is 5.75. The number of hydrogen-bond donors (Lipinski definition) is 2. The van der Waals surface area contributed by atoms with E-state index in [9.17, 15) is 8.42 Å². The fraction of sp³-hybridized carbons (Fsp3) is 0.429. The summed E-state index contributed by atoms with van der Waals surface area (Å²) in [6.45, 7) is 2.26. The fourth-order valence-electron chi connectivity index (χ4n) is 2.21. The van der Waals surface area contributed by atoms with Crippen LogP contribution in [0.5, 0.6) is 0 Å². The highest BCUT2D eigenvalue weighted by atomic mass is 32.2. The molecule has 0 spiro atoms. The lowest BCUT2D eigenvalue weighted by atomic mass is 10.2. The largest absolute Gasteiger partial charge is 0.399 e. The van der Waals surface area contributed by atoms with Crippen molar-refractivity contribution in [3.05, 3.63) is 35.4 Å². The fourth-order valence-corrected chi connectivity index (χ4v) is 3.33. The van der Waals surface area contributed by atoms with Crippen LogP contribution >= 0.6 is 0 Å². The minimum Gasteiger partial charge on any atom is -0.399 e. The zero-order valence-electron chi connectivity index (χ0n) is 11.1. The molecular formula is C14H20N2O2S. The number of nitrogens with two attached hydrogens (primary N) is 1. The number of benzene rings is 1. The molecule has 0 atom stereocenters. The van der Waals surface area contributed by atoms with E-state index >= 15 is 0 Å². The summed E-state index contributed by atoms with van der Waals surface area (Å²) in [5, 5.41) is 0. The van der Waals surface area contributed by atoms with E-state index in [2.05, 4.69) is 10.8 Å². The van der Waals surface area contributed by atoms with Gasteiger partial charge in [0.05, 0.1) is 4.90 Å². The Hall–Kier alpha value is -1.33. The highest BCUT2D eigenvalue weighted by Crippen LogP contribution is 2.20. The van der Waals surface area contributed by atoms with Crippen molar-refractivity contribution in [2.24, 2.45) is 0 Å². The first kappa shape index (κ1) is 14.1. The Kier molecular flexibility index (Phi) is 4.27. The molecule has 19 heavy (non-hydrogen) atoms. The summed E-state index contributed by atoms with van der Waals surface area (Å²) in [6, 6.07) is 4.77. The molecule has 1 aromatic rings. The van der Waals surface area contributed by atoms with Gasteiger partial charge in [0.15, 0.2) is 0 Å². The molecule has 4 nitrogen and oxygen atoms in total. The molecule has 0 fully saturated rings. The van der Waals surface area contributed by atoms with Gasteiger partial charge >= 0.3 is 0 Å². The number of aryl methyl sites for hydroxylation is 1. The molecule has 0 radical (unpaired) electrons. The van der Waals surface area contributed by atoms with E-state index in [1.54, 1.807) is 25.1 Å². The molecule has 0 bridgehead atoms. The number of hydrogen-bond acceptors (Lipinski definition) is 3. The van der Waals surface area contributed by atoms with Crippen molar-refractivity contribution in [3.8, 4) is 0 Å². The maximum atomic E-state index is 12.1. The van der Waals surface area contributed by atoms with Gasteiger partial charge in [-0.25, -0.2) is 13.1 Å². The molecule has 1 aliphatic rings. The Morgan fingerprint density at radius 1 is 1.37 bits per heavy atom. The number of sulfonamides is 1. The van der Waals surface area contributed by atoms with Crippen LogP contribution in [0.15, 0.2) is 34.7 Å². The quantitative estimate of drug-likeness (QED) is 0.642. The molecular weight excluding hydrogens is 260 g/mol. The van der Waals surface area contributed by atoms with Crippen LogP contribution in [0.1, 0.15) is 31.2 Å². The van der Waals surface area contributed by atoms with Gasteiger partial charge < -0.3 is 5.73 Å². The number of anilines is 1. The van der Waals surface area contributed by atoms with Gasteiger partial charge in [-0.15, -0.1) is 0 Å². The third kappa shape index (κ3) is 3.58. The highest BCUT2D eigenvalue weighted by Gasteiger charge is 2.14. The SMILES string of the molecule is Cc1cc(S(=O)(=O)NCCC2=CCCC2)ccc1N. The van der Waals surface area contributed by atoms with E-state index in [0.717, 1.165) is 24.8 Å². The second-order valence-electron chi connectivity index (χ2n) is 4.92. The van der Waals surface area contributed by atoms with Crippen molar-refractivity contribution < 1.29 is 8.42 Å². The predicted octanol–water partition coefficient (Wildman–Crippen LogP) is 2.36. The zero-order chi connectivity index (χ0) is 13.9. The Balaban J connectivity index is 1.99. The van der Waals surface area contributed by atoms with Crippen molar-refractivity contribution in [3.63, 3.8) is 0 Å². The number of nitrogen functional groups attached to an aromatic ring is 1. The first-order valence-electron chi connectivity index (χ1n) is 6.53. The normalized spacial score (nSPS) is 15.5. The van der Waals surface area contributed by atoms with Gasteiger partial charge in [0.25, 0.3) is 0 Å². The molecule has 0 unspecified atom stereocenters. The number of rotatable bonds is 5. The Morgan fingerprint density at radius 2 is 2.16 bits per heavy atom. The third-order valence-electron chi connectivity index (χ3n) is 3.42. The maximum Gasteiger partial charge on any atom is 0.240 e. The highest BCUT2D eigenvalue weighted by molar-refractivity contribution is 7.89. The van der Waals surface area contributed by atoms with Gasteiger partial charge in [0.1, 0.15) is 0 Å². The minimum atomic E-state index is -3.42. The van der Waals surface area contributed by atoms with Gasteiger partial charge in [-0.1, -0.05) is 11.6 Å². The van der Waals surface area contributed by atoms with Crippen LogP contribution in [0.25, 0.3) is 0 Å². The third-order valence-corrected chi connectivity index (χ3v) is 4.88. The summed E-state index contributed by atoms with van der Waals surface area (Å²) in [4.78, 5) is 0.277. The molecule has 3 N–H and O–H groups in total. The lowest BCUT2D eigenvalue weighted by molar-refractivity contribution is 0.581. The van der Waals surface area contributed by atoms with Crippen LogP contribution in [0.2, 0.25) is 0 Å². The van der Waals surface area contributed by atoms with E-state index in [0.29, 0.717) is 12.2 Å². The molecule has 2 rings (SSSR count). The summed E-state index contributed by atoms with van der Waals surface area (Å²) >= 11 is 0. The van der Waals surface area contributed by atoms with E-state index in [-0.39, 0.29) is 4.90 Å². The summed E-state index contributed by atoms with van der Waals surface area (Å²) in [5.41, 5.74) is 8.44. The standard InChI is InChI=1S/C14H20N2O2S/c1-11-10-13(6-7-14(11)15)19(17,18)16-9-8-12-4-2-3-5-12/h4,6-7,10,16H,2-3,5,8-9,15H2,1H3. The first-order chi connectivity index (χ1) is 8.99. The number of allylic oxidation sites excluding steroid dienone is 1. The summed E-state index contributed by atoms with van der Waals surface area (Å²) in [7, 11) is -3.42. The molecule has 0 saturated heterocycles. The van der Waals surface area contributed by atoms with Gasteiger partial charge in [-0.2, -0.15) is 0 Å². The first-order valence-corrected chi connectivity index (χ1v) is 8.01. The second-order valence-corrected chi connectivity index (χ2v) is 6.69. The molecule has 0 amide bonds. The van der Waals surface area contributed by atoms with Crippen LogP contribution in [0.4, 0.5) is 5.69 Å². The minimum absolute atomic E-state index is 0.277. The molecule has 5 heteroatoms. The van der Waals surface area contributed by atoms with Crippen molar-refractivity contribution in [1.82, 2.24) is 4.72 Å². The van der Waals surface area contributed by atoms with Crippen LogP contribution < -0.4 is 10.5 Å². The predicted molar refractivity (Wildman–Crippen MR) is 77.3 cm³/mol. The summed E-state index contributed by atoms with van der Waals surface area (Å²) < 4.78 is 26.8. The van der Waals surface area contributed by atoms with Crippen LogP contribution in [0.3, 0.4) is 0 Å². The molecule has 1 aromatic carbocycles. The van der Waals surface area contributed by atoms with Crippen LogP contribution in [-0.4, -0.2) is 15.0 Å². The van der Waals surface area contributed by atoms with Crippen LogP contribution in [-0.2, 0) is 10.0 Å². The lowest BCUT2D eigenvalue weighted by Crippen LogP contribution is -2.25. The topological polar surface area (TPSA) is 72.2 Å². The number of nitrogens with one attached hydrogen (secondary N) is 1. The van der Waals surface area contributed by atoms with Gasteiger partial charge in [-0.3, -0.25) is 0 Å². The van der Waals surface area contributed by atoms with E-state index in [1.165, 1.54) is 12.0 Å². The smallest absolute Gasteiger partial charge is 0.240 e. The Bertz CT molecular complexity index is 591. The zero-order valence-corrected chi connectivity index (χ0v) is 12.0.